The lowest BCUT2D eigenvalue weighted by Gasteiger charge is -2.25. The fourth-order valence-electron chi connectivity index (χ4n) is 2.62. The van der Waals surface area contributed by atoms with Crippen molar-refractivity contribution in [2.45, 2.75) is 18.6 Å². The topological polar surface area (TPSA) is 43.2 Å². The minimum atomic E-state index is 0.395. The van der Waals surface area contributed by atoms with Gasteiger partial charge in [0.1, 0.15) is 4.60 Å². The first kappa shape index (κ1) is 12.3. The lowest BCUT2D eigenvalue weighted by atomic mass is 10.2. The van der Waals surface area contributed by atoms with Crippen molar-refractivity contribution in [3.63, 3.8) is 0 Å². The number of anilines is 1. The second-order valence-electron chi connectivity index (χ2n) is 4.69. The van der Waals surface area contributed by atoms with E-state index in [2.05, 4.69) is 47.1 Å². The SMILES string of the molecule is Brc1cn(-c2csc(N3C[C@@H]4C[C@H]3CO4)n2)c(Br)n1. The Balaban J connectivity index is 1.65. The minimum absolute atomic E-state index is 0.395. The van der Waals surface area contributed by atoms with Crippen LogP contribution < -0.4 is 4.90 Å². The van der Waals surface area contributed by atoms with E-state index in [-0.39, 0.29) is 0 Å². The van der Waals surface area contributed by atoms with E-state index < -0.39 is 0 Å². The van der Waals surface area contributed by atoms with Gasteiger partial charge in [0.2, 0.25) is 0 Å². The Bertz CT molecular complexity index is 628. The van der Waals surface area contributed by atoms with Gasteiger partial charge in [0.05, 0.1) is 18.8 Å². The molecule has 2 fully saturated rings. The second kappa shape index (κ2) is 4.54. The van der Waals surface area contributed by atoms with Gasteiger partial charge in [-0.25, -0.2) is 9.97 Å². The third-order valence-corrected chi connectivity index (χ3v) is 5.31. The zero-order valence-electron chi connectivity index (χ0n) is 9.79. The van der Waals surface area contributed by atoms with Gasteiger partial charge in [-0.1, -0.05) is 0 Å². The Morgan fingerprint density at radius 3 is 2.89 bits per heavy atom. The van der Waals surface area contributed by atoms with Gasteiger partial charge >= 0.3 is 0 Å². The van der Waals surface area contributed by atoms with E-state index in [1.54, 1.807) is 11.3 Å². The molecule has 2 bridgehead atoms. The van der Waals surface area contributed by atoms with Gasteiger partial charge in [-0.3, -0.25) is 4.57 Å². The first-order chi connectivity index (χ1) is 9.20. The van der Waals surface area contributed by atoms with E-state index in [1.165, 1.54) is 0 Å². The highest BCUT2D eigenvalue weighted by Crippen LogP contribution is 2.35. The van der Waals surface area contributed by atoms with Gasteiger partial charge in [-0.15, -0.1) is 11.3 Å². The van der Waals surface area contributed by atoms with Gasteiger partial charge in [-0.2, -0.15) is 0 Å². The summed E-state index contributed by atoms with van der Waals surface area (Å²) in [4.78, 5) is 11.3. The van der Waals surface area contributed by atoms with Gasteiger partial charge in [0.15, 0.2) is 15.7 Å². The Morgan fingerprint density at radius 1 is 1.37 bits per heavy atom. The molecule has 5 nitrogen and oxygen atoms in total. The first-order valence-electron chi connectivity index (χ1n) is 5.95. The smallest absolute Gasteiger partial charge is 0.187 e. The van der Waals surface area contributed by atoms with Crippen LogP contribution in [0.5, 0.6) is 0 Å². The van der Waals surface area contributed by atoms with E-state index in [1.807, 2.05) is 10.8 Å². The summed E-state index contributed by atoms with van der Waals surface area (Å²) >= 11 is 8.47. The van der Waals surface area contributed by atoms with E-state index >= 15 is 0 Å². The van der Waals surface area contributed by atoms with Crippen molar-refractivity contribution >= 4 is 48.3 Å². The number of halogens is 2. The third kappa shape index (κ3) is 2.05. The van der Waals surface area contributed by atoms with Crippen LogP contribution in [-0.4, -0.2) is 39.8 Å². The number of nitrogens with zero attached hydrogens (tertiary/aromatic N) is 4. The van der Waals surface area contributed by atoms with Gasteiger partial charge in [-0.05, 0) is 38.3 Å². The van der Waals surface area contributed by atoms with E-state index in [0.717, 1.165) is 39.9 Å². The van der Waals surface area contributed by atoms with Crippen LogP contribution in [-0.2, 0) is 4.74 Å². The summed E-state index contributed by atoms with van der Waals surface area (Å²) in [6, 6.07) is 0.502. The van der Waals surface area contributed by atoms with Crippen molar-refractivity contribution in [2.75, 3.05) is 18.1 Å². The van der Waals surface area contributed by atoms with Crippen LogP contribution in [0.2, 0.25) is 0 Å². The lowest BCUT2D eigenvalue weighted by molar-refractivity contribution is 0.0991. The molecule has 0 unspecified atom stereocenters. The summed E-state index contributed by atoms with van der Waals surface area (Å²) in [5.74, 6) is 0.897. The maximum absolute atomic E-state index is 5.62. The number of fused-ring (bicyclic) bond motifs is 2. The second-order valence-corrected chi connectivity index (χ2v) is 7.05. The molecule has 0 spiro atoms. The lowest BCUT2D eigenvalue weighted by Crippen LogP contribution is -2.36. The highest BCUT2D eigenvalue weighted by atomic mass is 79.9. The monoisotopic (exact) mass is 404 g/mol. The van der Waals surface area contributed by atoms with Crippen molar-refractivity contribution in [2.24, 2.45) is 0 Å². The molecule has 4 rings (SSSR count). The Hall–Kier alpha value is -0.440. The number of morpholine rings is 1. The van der Waals surface area contributed by atoms with Crippen LogP contribution in [0.15, 0.2) is 20.9 Å². The Labute approximate surface area is 130 Å². The Morgan fingerprint density at radius 2 is 2.26 bits per heavy atom. The highest BCUT2D eigenvalue weighted by molar-refractivity contribution is 9.11. The van der Waals surface area contributed by atoms with E-state index in [0.29, 0.717) is 12.1 Å². The molecule has 2 aromatic heterocycles. The zero-order valence-corrected chi connectivity index (χ0v) is 13.8. The predicted molar refractivity (Wildman–Crippen MR) is 80.1 cm³/mol. The quantitative estimate of drug-likeness (QED) is 0.770. The molecule has 2 aliphatic heterocycles. The molecule has 8 heteroatoms. The number of hydrogen-bond acceptors (Lipinski definition) is 5. The molecule has 0 aromatic carbocycles. The van der Waals surface area contributed by atoms with E-state index in [9.17, 15) is 0 Å². The summed E-state index contributed by atoms with van der Waals surface area (Å²) in [6.45, 7) is 1.80. The van der Waals surface area contributed by atoms with Gasteiger partial charge in [0, 0.05) is 18.1 Å². The maximum Gasteiger partial charge on any atom is 0.187 e. The fourth-order valence-corrected chi connectivity index (χ4v) is 4.59. The summed E-state index contributed by atoms with van der Waals surface area (Å²) in [6.07, 6.45) is 3.43. The normalized spacial score (nSPS) is 25.5. The average molecular weight is 406 g/mol. The molecule has 0 amide bonds. The van der Waals surface area contributed by atoms with Crippen molar-refractivity contribution in [3.8, 4) is 5.82 Å². The van der Waals surface area contributed by atoms with Crippen molar-refractivity contribution < 1.29 is 4.74 Å². The molecular weight excluding hydrogens is 396 g/mol. The molecule has 0 aliphatic carbocycles. The van der Waals surface area contributed by atoms with Gasteiger partial charge in [0.25, 0.3) is 0 Å². The van der Waals surface area contributed by atoms with Crippen LogP contribution in [0.4, 0.5) is 5.13 Å². The molecule has 2 aliphatic rings. The van der Waals surface area contributed by atoms with Crippen LogP contribution in [0.3, 0.4) is 0 Å². The molecule has 2 saturated heterocycles. The molecule has 4 heterocycles. The van der Waals surface area contributed by atoms with Crippen molar-refractivity contribution in [3.05, 3.63) is 20.9 Å². The molecule has 0 saturated carbocycles. The number of aromatic nitrogens is 3. The molecule has 100 valence electrons. The molecule has 2 aromatic rings. The average Bonchev–Trinajstić information content (AvgIpc) is 3.11. The summed E-state index contributed by atoms with van der Waals surface area (Å²) in [5.41, 5.74) is 0. The third-order valence-electron chi connectivity index (χ3n) is 3.51. The van der Waals surface area contributed by atoms with Crippen molar-refractivity contribution in [1.29, 1.82) is 0 Å². The van der Waals surface area contributed by atoms with Crippen LogP contribution in [0, 0.1) is 0 Å². The first-order valence-corrected chi connectivity index (χ1v) is 8.42. The number of ether oxygens (including phenoxy) is 1. The van der Waals surface area contributed by atoms with Crippen LogP contribution in [0.25, 0.3) is 5.82 Å². The minimum Gasteiger partial charge on any atom is -0.374 e. The summed E-state index contributed by atoms with van der Waals surface area (Å²) < 4.78 is 9.10. The van der Waals surface area contributed by atoms with Crippen molar-refractivity contribution in [1.82, 2.24) is 14.5 Å². The number of rotatable bonds is 2. The largest absolute Gasteiger partial charge is 0.374 e. The summed E-state index contributed by atoms with van der Waals surface area (Å²) in [7, 11) is 0. The van der Waals surface area contributed by atoms with E-state index in [4.69, 9.17) is 9.72 Å². The molecule has 2 atom stereocenters. The number of thiazole rings is 1. The predicted octanol–water partition coefficient (Wildman–Crippen LogP) is 2.83. The van der Waals surface area contributed by atoms with Gasteiger partial charge < -0.3 is 9.64 Å². The molecular formula is C11H10Br2N4OS. The Kier molecular flexibility index (Phi) is 2.94. The number of imidazole rings is 1. The highest BCUT2D eigenvalue weighted by Gasteiger charge is 2.40. The maximum atomic E-state index is 5.62. The summed E-state index contributed by atoms with van der Waals surface area (Å²) in [5, 5.41) is 3.13. The molecule has 19 heavy (non-hydrogen) atoms. The zero-order chi connectivity index (χ0) is 13.0. The number of hydrogen-bond donors (Lipinski definition) is 0. The molecule has 0 N–H and O–H groups in total. The van der Waals surface area contributed by atoms with Crippen LogP contribution in [0.1, 0.15) is 6.42 Å². The fraction of sp³-hybridized carbons (Fsp3) is 0.455. The molecule has 0 radical (unpaired) electrons. The standard InChI is InChI=1S/C11H10Br2N4OS/c12-8-3-17(10(13)14-8)9-5-19-11(15-9)16-2-7-1-6(16)4-18-7/h3,5-7H,1-2,4H2/t6-,7-/m0/s1. The van der Waals surface area contributed by atoms with Crippen LogP contribution >= 0.6 is 43.2 Å².